The molecule has 0 radical (unpaired) electrons. The molecule has 3 saturated heterocycles. The van der Waals surface area contributed by atoms with Crippen LogP contribution in [-0.4, -0.2) is 80.4 Å². The fourth-order valence-electron chi connectivity index (χ4n) is 7.86. The molecule has 12 heteroatoms. The maximum absolute atomic E-state index is 16.7. The number of aliphatic hydroxyl groups is 1. The zero-order valence-electron chi connectivity index (χ0n) is 25.2. The lowest BCUT2D eigenvalue weighted by molar-refractivity contribution is 0.0201. The van der Waals surface area contributed by atoms with Gasteiger partial charge in [0.15, 0.2) is 5.82 Å². The highest BCUT2D eigenvalue weighted by atomic mass is 19.3. The lowest BCUT2D eigenvalue weighted by atomic mass is 9.92. The monoisotopic (exact) mass is 625 g/mol. The molecule has 238 valence electrons. The summed E-state index contributed by atoms with van der Waals surface area (Å²) < 4.78 is 67.1. The van der Waals surface area contributed by atoms with Gasteiger partial charge in [-0.3, -0.25) is 9.88 Å². The zero-order chi connectivity index (χ0) is 31.7. The number of halogens is 4. The highest BCUT2D eigenvalue weighted by molar-refractivity contribution is 6.01. The molecule has 45 heavy (non-hydrogen) atoms. The van der Waals surface area contributed by atoms with Crippen LogP contribution in [0.2, 0.25) is 0 Å². The highest BCUT2D eigenvalue weighted by Gasteiger charge is 2.48. The Hall–Kier alpha value is -3.77. The molecule has 0 unspecified atom stereocenters. The van der Waals surface area contributed by atoms with Gasteiger partial charge in [-0.15, -0.1) is 0 Å². The second-order valence-electron chi connectivity index (χ2n) is 12.9. The fourth-order valence-corrected chi connectivity index (χ4v) is 7.86. The number of hydrogen-bond donors (Lipinski definition) is 2. The molecule has 3 fully saturated rings. The number of nitrogens with zero attached hydrogens (tertiary/aromatic N) is 5. The number of benzene rings is 2. The van der Waals surface area contributed by atoms with Gasteiger partial charge in [0.1, 0.15) is 35.2 Å². The normalized spacial score (nSPS) is 24.6. The molecule has 3 aliphatic heterocycles. The number of aryl methyl sites for hydroxylation is 1. The molecular formula is C33H35F4N5O3. The second-order valence-corrected chi connectivity index (χ2v) is 12.9. The minimum absolute atomic E-state index is 0.00852. The van der Waals surface area contributed by atoms with E-state index in [-0.39, 0.29) is 51.9 Å². The van der Waals surface area contributed by atoms with E-state index >= 15 is 4.39 Å². The van der Waals surface area contributed by atoms with Crippen LogP contribution in [-0.2, 0) is 6.42 Å². The maximum atomic E-state index is 16.7. The van der Waals surface area contributed by atoms with Crippen molar-refractivity contribution in [2.24, 2.45) is 5.92 Å². The first-order valence-electron chi connectivity index (χ1n) is 15.5. The third-order valence-electron chi connectivity index (χ3n) is 9.74. The van der Waals surface area contributed by atoms with E-state index in [0.717, 1.165) is 32.4 Å². The number of rotatable bonds is 7. The standard InChI is InChI=1S/C33H35F4N5O3/c1-3-22-25(34)6-5-19-9-21(44)10-23(26(19)22)28-27(35)29-24(13-38-28)30(42-16-33(36,37)12-20(42)15-43)40-31(39-29)45-17-32-7-4-8-41(32)14-18(2)11-32/h5-6,9-10,13,18,20,43-44H,3-4,7-8,11-12,14-17H2,1-2H3/t18-,20+,32+/m1/s1. The van der Waals surface area contributed by atoms with Crippen molar-refractivity contribution in [3.63, 3.8) is 0 Å². The van der Waals surface area contributed by atoms with E-state index in [1.807, 2.05) is 0 Å². The van der Waals surface area contributed by atoms with E-state index in [2.05, 4.69) is 26.8 Å². The Morgan fingerprint density at radius 1 is 1.13 bits per heavy atom. The fraction of sp³-hybridized carbons (Fsp3) is 0.485. The Kier molecular flexibility index (Phi) is 7.27. The van der Waals surface area contributed by atoms with Gasteiger partial charge in [0.2, 0.25) is 0 Å². The SMILES string of the molecule is CCc1c(F)ccc2cc(O)cc(-c3ncc4c(N5CC(F)(F)C[C@H]5CO)nc(OC[C@@]56CCCN5C[C@H](C)C6)nc4c3F)c12. The quantitative estimate of drug-likeness (QED) is 0.247. The Labute approximate surface area is 257 Å². The van der Waals surface area contributed by atoms with Crippen LogP contribution in [0.5, 0.6) is 11.8 Å². The van der Waals surface area contributed by atoms with E-state index in [1.54, 1.807) is 6.92 Å². The van der Waals surface area contributed by atoms with Crippen LogP contribution in [0.25, 0.3) is 32.9 Å². The van der Waals surface area contributed by atoms with Gasteiger partial charge in [0.25, 0.3) is 5.92 Å². The molecule has 3 aliphatic rings. The van der Waals surface area contributed by atoms with Crippen LogP contribution in [0.1, 0.15) is 45.1 Å². The number of ether oxygens (including phenoxy) is 1. The van der Waals surface area contributed by atoms with Gasteiger partial charge in [-0.05, 0) is 72.7 Å². The van der Waals surface area contributed by atoms with E-state index in [0.29, 0.717) is 28.7 Å². The van der Waals surface area contributed by atoms with Crippen molar-refractivity contribution >= 4 is 27.5 Å². The average molecular weight is 626 g/mol. The summed E-state index contributed by atoms with van der Waals surface area (Å²) in [5.41, 5.74) is -0.0829. The predicted octanol–water partition coefficient (Wildman–Crippen LogP) is 5.85. The van der Waals surface area contributed by atoms with Crippen LogP contribution >= 0.6 is 0 Å². The lowest BCUT2D eigenvalue weighted by Crippen LogP contribution is -2.43. The number of pyridine rings is 1. The van der Waals surface area contributed by atoms with Crippen LogP contribution in [0.3, 0.4) is 0 Å². The molecule has 8 nitrogen and oxygen atoms in total. The summed E-state index contributed by atoms with van der Waals surface area (Å²) in [5, 5.41) is 21.5. The first kappa shape index (κ1) is 29.9. The molecule has 4 aromatic rings. The number of aliphatic hydroxyl groups excluding tert-OH is 1. The van der Waals surface area contributed by atoms with Crippen molar-refractivity contribution in [2.45, 2.75) is 63.5 Å². The summed E-state index contributed by atoms with van der Waals surface area (Å²) in [6, 6.07) is 4.49. The topological polar surface area (TPSA) is 94.8 Å². The van der Waals surface area contributed by atoms with Crippen molar-refractivity contribution in [2.75, 3.05) is 37.7 Å². The Bertz CT molecular complexity index is 1810. The van der Waals surface area contributed by atoms with Gasteiger partial charge in [0.05, 0.1) is 30.1 Å². The molecule has 3 atom stereocenters. The lowest BCUT2D eigenvalue weighted by Gasteiger charge is -2.31. The molecular weight excluding hydrogens is 590 g/mol. The van der Waals surface area contributed by atoms with Crippen molar-refractivity contribution in [3.8, 4) is 23.0 Å². The van der Waals surface area contributed by atoms with E-state index in [9.17, 15) is 23.4 Å². The van der Waals surface area contributed by atoms with Crippen LogP contribution in [0.15, 0.2) is 30.5 Å². The van der Waals surface area contributed by atoms with Gasteiger partial charge in [-0.1, -0.05) is 19.9 Å². The number of hydrogen-bond acceptors (Lipinski definition) is 8. The van der Waals surface area contributed by atoms with Gasteiger partial charge >= 0.3 is 6.01 Å². The summed E-state index contributed by atoms with van der Waals surface area (Å²) in [4.78, 5) is 17.0. The molecule has 0 amide bonds. The zero-order valence-corrected chi connectivity index (χ0v) is 25.2. The number of phenols is 1. The Balaban J connectivity index is 1.40. The summed E-state index contributed by atoms with van der Waals surface area (Å²) in [5.74, 6) is -4.13. The smallest absolute Gasteiger partial charge is 0.319 e. The number of aromatic nitrogens is 3. The molecule has 5 heterocycles. The van der Waals surface area contributed by atoms with Crippen LogP contribution in [0.4, 0.5) is 23.4 Å². The van der Waals surface area contributed by atoms with Crippen molar-refractivity contribution in [1.29, 1.82) is 0 Å². The van der Waals surface area contributed by atoms with Crippen LogP contribution < -0.4 is 9.64 Å². The Morgan fingerprint density at radius 2 is 1.96 bits per heavy atom. The second kappa shape index (κ2) is 10.9. The van der Waals surface area contributed by atoms with Gasteiger partial charge in [-0.25, -0.2) is 17.6 Å². The summed E-state index contributed by atoms with van der Waals surface area (Å²) >= 11 is 0. The first-order valence-corrected chi connectivity index (χ1v) is 15.5. The highest BCUT2D eigenvalue weighted by Crippen LogP contribution is 2.44. The van der Waals surface area contributed by atoms with Crippen molar-refractivity contribution in [3.05, 3.63) is 47.7 Å². The average Bonchev–Trinajstić information content (AvgIpc) is 3.64. The van der Waals surface area contributed by atoms with Crippen molar-refractivity contribution < 1.29 is 32.5 Å². The Morgan fingerprint density at radius 3 is 2.73 bits per heavy atom. The number of phenolic OH excluding ortho intramolecular Hbond substituents is 1. The van der Waals surface area contributed by atoms with E-state index in [4.69, 9.17) is 4.74 Å². The summed E-state index contributed by atoms with van der Waals surface area (Å²) in [6.45, 7) is 4.87. The van der Waals surface area contributed by atoms with Gasteiger partial charge < -0.3 is 19.8 Å². The summed E-state index contributed by atoms with van der Waals surface area (Å²) in [6.07, 6.45) is 3.92. The van der Waals surface area contributed by atoms with Crippen molar-refractivity contribution in [1.82, 2.24) is 19.9 Å². The number of fused-ring (bicyclic) bond motifs is 3. The minimum Gasteiger partial charge on any atom is -0.508 e. The number of anilines is 1. The summed E-state index contributed by atoms with van der Waals surface area (Å²) in [7, 11) is 0. The predicted molar refractivity (Wildman–Crippen MR) is 162 cm³/mol. The van der Waals surface area contributed by atoms with E-state index < -0.39 is 43.2 Å². The number of alkyl halides is 2. The largest absolute Gasteiger partial charge is 0.508 e. The van der Waals surface area contributed by atoms with Crippen LogP contribution in [0, 0.1) is 17.6 Å². The first-order chi connectivity index (χ1) is 21.5. The third kappa shape index (κ3) is 5.02. The molecule has 2 aromatic carbocycles. The molecule has 7 rings (SSSR count). The van der Waals surface area contributed by atoms with Gasteiger partial charge in [0, 0.05) is 24.7 Å². The minimum atomic E-state index is -3.10. The van der Waals surface area contributed by atoms with Gasteiger partial charge in [-0.2, -0.15) is 9.97 Å². The molecule has 2 N–H and O–H groups in total. The van der Waals surface area contributed by atoms with E-state index in [1.165, 1.54) is 35.4 Å². The molecule has 0 bridgehead atoms. The molecule has 0 aliphatic carbocycles. The maximum Gasteiger partial charge on any atom is 0.319 e. The molecule has 2 aromatic heterocycles. The number of aromatic hydroxyl groups is 1. The molecule has 0 saturated carbocycles. The third-order valence-corrected chi connectivity index (χ3v) is 9.74. The molecule has 0 spiro atoms.